The molecule has 1 rings (SSSR count). The van der Waals surface area contributed by atoms with Crippen molar-refractivity contribution in [2.45, 2.75) is 39.8 Å². The summed E-state index contributed by atoms with van der Waals surface area (Å²) < 4.78 is 5.42. The molecule has 0 aliphatic heterocycles. The lowest BCUT2D eigenvalue weighted by Crippen LogP contribution is -2.34. The summed E-state index contributed by atoms with van der Waals surface area (Å²) in [5.41, 5.74) is 6.89. The molecule has 0 aliphatic rings. The van der Waals surface area contributed by atoms with Gasteiger partial charge in [-0.1, -0.05) is 26.0 Å². The van der Waals surface area contributed by atoms with Crippen LogP contribution in [0.1, 0.15) is 32.8 Å². The maximum Gasteiger partial charge on any atom is 0.221 e. The Kier molecular flexibility index (Phi) is 6.36. The Bertz CT molecular complexity index is 405. The van der Waals surface area contributed by atoms with Crippen LogP contribution in [0, 0.1) is 5.92 Å². The van der Waals surface area contributed by atoms with E-state index < -0.39 is 0 Å². The van der Waals surface area contributed by atoms with Crippen molar-refractivity contribution in [1.29, 1.82) is 0 Å². The third-order valence-electron chi connectivity index (χ3n) is 2.98. The van der Waals surface area contributed by atoms with Gasteiger partial charge in [-0.15, -0.1) is 0 Å². The highest BCUT2D eigenvalue weighted by Crippen LogP contribution is 2.13. The van der Waals surface area contributed by atoms with Crippen molar-refractivity contribution in [3.63, 3.8) is 0 Å². The van der Waals surface area contributed by atoms with Crippen molar-refractivity contribution >= 4 is 5.91 Å². The van der Waals surface area contributed by atoms with Gasteiger partial charge < -0.3 is 15.8 Å². The maximum atomic E-state index is 11.7. The van der Waals surface area contributed by atoms with Gasteiger partial charge in [-0.3, -0.25) is 4.79 Å². The first-order chi connectivity index (χ1) is 9.02. The third kappa shape index (κ3) is 5.75. The summed E-state index contributed by atoms with van der Waals surface area (Å²) in [5.74, 6) is 1.13. The number of rotatable bonds is 7. The predicted molar refractivity (Wildman–Crippen MR) is 76.9 cm³/mol. The molecule has 3 N–H and O–H groups in total. The molecule has 106 valence electrons. The van der Waals surface area contributed by atoms with Gasteiger partial charge >= 0.3 is 0 Å². The lowest BCUT2D eigenvalue weighted by Gasteiger charge is -2.15. The van der Waals surface area contributed by atoms with Gasteiger partial charge in [-0.25, -0.2) is 0 Å². The Morgan fingerprint density at radius 3 is 2.79 bits per heavy atom. The molecular weight excluding hydrogens is 240 g/mol. The fraction of sp³-hybridized carbons (Fsp3) is 0.533. The highest BCUT2D eigenvalue weighted by Gasteiger charge is 2.12. The monoisotopic (exact) mass is 264 g/mol. The van der Waals surface area contributed by atoms with Gasteiger partial charge in [0.15, 0.2) is 0 Å². The zero-order valence-electron chi connectivity index (χ0n) is 12.0. The highest BCUT2D eigenvalue weighted by molar-refractivity contribution is 5.76. The molecule has 1 aromatic rings. The molecule has 0 saturated heterocycles. The number of benzene rings is 1. The van der Waals surface area contributed by atoms with E-state index >= 15 is 0 Å². The molecule has 4 heteroatoms. The maximum absolute atomic E-state index is 11.7. The number of ether oxygens (including phenoxy) is 1. The second kappa shape index (κ2) is 7.79. The van der Waals surface area contributed by atoms with E-state index in [9.17, 15) is 4.79 Å². The molecule has 1 amide bonds. The van der Waals surface area contributed by atoms with Crippen LogP contribution in [0.2, 0.25) is 0 Å². The fourth-order valence-electron chi connectivity index (χ4n) is 1.63. The van der Waals surface area contributed by atoms with E-state index in [1.807, 2.05) is 45.0 Å². The van der Waals surface area contributed by atoms with E-state index in [0.29, 0.717) is 25.5 Å². The summed E-state index contributed by atoms with van der Waals surface area (Å²) in [4.78, 5) is 11.7. The van der Waals surface area contributed by atoms with Gasteiger partial charge in [0.2, 0.25) is 5.91 Å². The number of nitrogens with two attached hydrogens (primary N) is 1. The topological polar surface area (TPSA) is 64.3 Å². The highest BCUT2D eigenvalue weighted by atomic mass is 16.5. The standard InChI is InChI=1S/C15H24N2O2/c1-4-19-13-7-5-6-12(8-13)10-17-15(18)9-14(16)11(2)3/h5-8,11,14H,4,9-10,16H2,1-3H3,(H,17,18). The predicted octanol–water partition coefficient (Wildman–Crippen LogP) is 2.07. The van der Waals surface area contributed by atoms with Crippen LogP contribution in [-0.4, -0.2) is 18.6 Å². The minimum Gasteiger partial charge on any atom is -0.494 e. The Hall–Kier alpha value is -1.55. The molecule has 0 heterocycles. The SMILES string of the molecule is CCOc1cccc(CNC(=O)CC(N)C(C)C)c1. The van der Waals surface area contributed by atoms with Crippen molar-refractivity contribution in [2.75, 3.05) is 6.61 Å². The molecule has 0 aromatic heterocycles. The molecule has 0 spiro atoms. The zero-order valence-corrected chi connectivity index (χ0v) is 12.0. The number of hydrogen-bond donors (Lipinski definition) is 2. The number of carbonyl (C=O) groups excluding carboxylic acids is 1. The van der Waals surface area contributed by atoms with E-state index in [1.54, 1.807) is 0 Å². The van der Waals surface area contributed by atoms with E-state index in [-0.39, 0.29) is 11.9 Å². The Morgan fingerprint density at radius 1 is 1.42 bits per heavy atom. The molecule has 1 unspecified atom stereocenters. The molecule has 19 heavy (non-hydrogen) atoms. The third-order valence-corrected chi connectivity index (χ3v) is 2.98. The Labute approximate surface area is 115 Å². The van der Waals surface area contributed by atoms with Crippen molar-refractivity contribution in [2.24, 2.45) is 11.7 Å². The Balaban J connectivity index is 2.43. The summed E-state index contributed by atoms with van der Waals surface area (Å²) in [6.07, 6.45) is 0.364. The fourth-order valence-corrected chi connectivity index (χ4v) is 1.63. The first-order valence-corrected chi connectivity index (χ1v) is 6.77. The van der Waals surface area contributed by atoms with Gasteiger partial charge in [0, 0.05) is 19.0 Å². The van der Waals surface area contributed by atoms with E-state index in [0.717, 1.165) is 11.3 Å². The van der Waals surface area contributed by atoms with Crippen molar-refractivity contribution in [3.05, 3.63) is 29.8 Å². The van der Waals surface area contributed by atoms with Crippen LogP contribution in [-0.2, 0) is 11.3 Å². The van der Waals surface area contributed by atoms with E-state index in [2.05, 4.69) is 5.32 Å². The van der Waals surface area contributed by atoms with E-state index in [4.69, 9.17) is 10.5 Å². The minimum atomic E-state index is -0.0882. The lowest BCUT2D eigenvalue weighted by atomic mass is 10.0. The molecule has 1 aromatic carbocycles. The molecule has 0 aliphatic carbocycles. The van der Waals surface area contributed by atoms with Crippen LogP contribution in [0.3, 0.4) is 0 Å². The summed E-state index contributed by atoms with van der Waals surface area (Å²) in [6.45, 7) is 7.12. The van der Waals surface area contributed by atoms with E-state index in [1.165, 1.54) is 0 Å². The normalized spacial score (nSPS) is 12.3. The van der Waals surface area contributed by atoms with Crippen molar-refractivity contribution in [1.82, 2.24) is 5.32 Å². The number of carbonyl (C=O) groups is 1. The first kappa shape index (κ1) is 15.5. The zero-order chi connectivity index (χ0) is 14.3. The average molecular weight is 264 g/mol. The largest absolute Gasteiger partial charge is 0.494 e. The number of amides is 1. The molecule has 0 bridgehead atoms. The second-order valence-electron chi connectivity index (χ2n) is 4.97. The molecule has 0 fully saturated rings. The summed E-state index contributed by atoms with van der Waals surface area (Å²) in [7, 11) is 0. The average Bonchev–Trinajstić information content (AvgIpc) is 2.37. The quantitative estimate of drug-likeness (QED) is 0.792. The lowest BCUT2D eigenvalue weighted by molar-refractivity contribution is -0.121. The van der Waals surface area contributed by atoms with Crippen LogP contribution in [0.25, 0.3) is 0 Å². The van der Waals surface area contributed by atoms with Crippen molar-refractivity contribution < 1.29 is 9.53 Å². The molecule has 1 atom stereocenters. The number of hydrogen-bond acceptors (Lipinski definition) is 3. The van der Waals surface area contributed by atoms with Crippen LogP contribution in [0.4, 0.5) is 0 Å². The summed E-state index contributed by atoms with van der Waals surface area (Å²) in [6, 6.07) is 7.64. The summed E-state index contributed by atoms with van der Waals surface area (Å²) >= 11 is 0. The van der Waals surface area contributed by atoms with Gasteiger partial charge in [-0.2, -0.15) is 0 Å². The summed E-state index contributed by atoms with van der Waals surface area (Å²) in [5, 5.41) is 2.88. The minimum absolute atomic E-state index is 0.0111. The van der Waals surface area contributed by atoms with Crippen LogP contribution in [0.15, 0.2) is 24.3 Å². The molecular formula is C15H24N2O2. The van der Waals surface area contributed by atoms with Crippen molar-refractivity contribution in [3.8, 4) is 5.75 Å². The van der Waals surface area contributed by atoms with Gasteiger partial charge in [0.05, 0.1) is 6.61 Å². The number of nitrogens with one attached hydrogen (secondary N) is 1. The van der Waals surface area contributed by atoms with Crippen LogP contribution >= 0.6 is 0 Å². The molecule has 0 saturated carbocycles. The van der Waals surface area contributed by atoms with Crippen LogP contribution < -0.4 is 15.8 Å². The van der Waals surface area contributed by atoms with Gasteiger partial charge in [0.25, 0.3) is 0 Å². The Morgan fingerprint density at radius 2 is 2.16 bits per heavy atom. The van der Waals surface area contributed by atoms with Crippen LogP contribution in [0.5, 0.6) is 5.75 Å². The first-order valence-electron chi connectivity index (χ1n) is 6.77. The van der Waals surface area contributed by atoms with Gasteiger partial charge in [0.1, 0.15) is 5.75 Å². The van der Waals surface area contributed by atoms with Gasteiger partial charge in [-0.05, 0) is 30.5 Å². The smallest absolute Gasteiger partial charge is 0.221 e. The molecule has 4 nitrogen and oxygen atoms in total. The second-order valence-corrected chi connectivity index (χ2v) is 4.97. The molecule has 0 radical (unpaired) electrons.